The number of nitrogens with one attached hydrogen (secondary N) is 1. The number of carbonyl (C=O) groups excluding carboxylic acids is 2. The minimum Gasteiger partial charge on any atom is -0.340 e. The van der Waals surface area contributed by atoms with E-state index in [1.165, 1.54) is 0 Å². The summed E-state index contributed by atoms with van der Waals surface area (Å²) in [5.74, 6) is -0.132. The number of anilines is 1. The lowest BCUT2D eigenvalue weighted by Gasteiger charge is -2.43. The van der Waals surface area contributed by atoms with E-state index in [-0.39, 0.29) is 11.8 Å². The summed E-state index contributed by atoms with van der Waals surface area (Å²) >= 11 is 0. The molecule has 1 N–H and O–H groups in total. The van der Waals surface area contributed by atoms with E-state index in [1.54, 1.807) is 18.7 Å². The molecule has 0 aliphatic carbocycles. The Morgan fingerprint density at radius 1 is 1.20 bits per heavy atom. The minimum absolute atomic E-state index is 0.0511. The second-order valence-corrected chi connectivity index (χ2v) is 5.70. The van der Waals surface area contributed by atoms with Crippen molar-refractivity contribution in [1.82, 2.24) is 5.32 Å². The van der Waals surface area contributed by atoms with Crippen molar-refractivity contribution >= 4 is 17.5 Å². The van der Waals surface area contributed by atoms with Gasteiger partial charge in [-0.05, 0) is 38.3 Å². The highest BCUT2D eigenvalue weighted by atomic mass is 16.2. The Bertz CT molecular complexity index is 537. The van der Waals surface area contributed by atoms with Gasteiger partial charge in [-0.15, -0.1) is 0 Å². The molecule has 4 nitrogen and oxygen atoms in total. The number of benzene rings is 1. The van der Waals surface area contributed by atoms with E-state index in [2.05, 4.69) is 12.2 Å². The summed E-state index contributed by atoms with van der Waals surface area (Å²) in [5.41, 5.74) is 1.09. The van der Waals surface area contributed by atoms with Crippen LogP contribution in [0.25, 0.3) is 0 Å². The molecule has 0 saturated carbocycles. The molecule has 1 heterocycles. The quantitative estimate of drug-likeness (QED) is 0.919. The number of aryl methyl sites for hydroxylation is 1. The molecular weight excluding hydrogens is 252 g/mol. The first-order valence-electron chi connectivity index (χ1n) is 7.16. The van der Waals surface area contributed by atoms with Crippen molar-refractivity contribution in [3.63, 3.8) is 0 Å². The molecule has 4 heteroatoms. The van der Waals surface area contributed by atoms with Crippen molar-refractivity contribution in [2.45, 2.75) is 52.1 Å². The predicted molar refractivity (Wildman–Crippen MR) is 79.6 cm³/mol. The van der Waals surface area contributed by atoms with Crippen LogP contribution in [0.3, 0.4) is 0 Å². The summed E-state index contributed by atoms with van der Waals surface area (Å²) in [5, 5.41) is 2.81. The molecular formula is C16H22N2O2. The maximum atomic E-state index is 12.7. The van der Waals surface area contributed by atoms with Crippen LogP contribution in [0.5, 0.6) is 0 Å². The van der Waals surface area contributed by atoms with Crippen LogP contribution in [0.15, 0.2) is 24.3 Å². The standard InChI is InChI=1S/C16H22N2O2/c1-5-11-9-7-8-10-13(11)18-12(6-2)14(19)17-16(3,4)15(18)20/h7-10,12H,5-6H2,1-4H3,(H,17,19). The molecule has 1 aromatic carbocycles. The Hall–Kier alpha value is -1.84. The van der Waals surface area contributed by atoms with Gasteiger partial charge in [-0.2, -0.15) is 0 Å². The molecule has 1 aliphatic heterocycles. The number of piperazine rings is 1. The minimum atomic E-state index is -0.858. The fourth-order valence-corrected chi connectivity index (χ4v) is 2.69. The summed E-state index contributed by atoms with van der Waals surface area (Å²) in [4.78, 5) is 26.7. The Kier molecular flexibility index (Phi) is 3.84. The number of rotatable bonds is 3. The summed E-state index contributed by atoms with van der Waals surface area (Å²) in [6.45, 7) is 7.48. The van der Waals surface area contributed by atoms with Crippen LogP contribution in [0.2, 0.25) is 0 Å². The molecule has 1 atom stereocenters. The van der Waals surface area contributed by atoms with Crippen molar-refractivity contribution in [2.24, 2.45) is 0 Å². The van der Waals surface area contributed by atoms with E-state index in [4.69, 9.17) is 0 Å². The second-order valence-electron chi connectivity index (χ2n) is 5.70. The van der Waals surface area contributed by atoms with E-state index in [1.807, 2.05) is 31.2 Å². The topological polar surface area (TPSA) is 49.4 Å². The summed E-state index contributed by atoms with van der Waals surface area (Å²) < 4.78 is 0. The van der Waals surface area contributed by atoms with E-state index in [0.717, 1.165) is 17.7 Å². The first-order chi connectivity index (χ1) is 9.42. The molecule has 2 rings (SSSR count). The number of amides is 2. The fourth-order valence-electron chi connectivity index (χ4n) is 2.69. The Morgan fingerprint density at radius 3 is 2.45 bits per heavy atom. The Balaban J connectivity index is 2.54. The summed E-state index contributed by atoms with van der Waals surface area (Å²) in [6, 6.07) is 7.38. The molecule has 1 aromatic rings. The molecule has 0 bridgehead atoms. The molecule has 1 unspecified atom stereocenters. The smallest absolute Gasteiger partial charge is 0.252 e. The van der Waals surface area contributed by atoms with Crippen LogP contribution in [-0.4, -0.2) is 23.4 Å². The van der Waals surface area contributed by atoms with Crippen LogP contribution in [0, 0.1) is 0 Å². The van der Waals surface area contributed by atoms with Crippen molar-refractivity contribution in [2.75, 3.05) is 4.90 Å². The predicted octanol–water partition coefficient (Wildman–Crippen LogP) is 2.27. The van der Waals surface area contributed by atoms with E-state index < -0.39 is 11.6 Å². The van der Waals surface area contributed by atoms with Crippen LogP contribution in [0.4, 0.5) is 5.69 Å². The molecule has 0 spiro atoms. The SMILES string of the molecule is CCc1ccccc1N1C(=O)C(C)(C)NC(=O)C1CC. The number of carbonyl (C=O) groups is 2. The number of hydrogen-bond donors (Lipinski definition) is 1. The summed E-state index contributed by atoms with van der Waals surface area (Å²) in [7, 11) is 0. The van der Waals surface area contributed by atoms with Crippen LogP contribution in [-0.2, 0) is 16.0 Å². The second kappa shape index (κ2) is 5.27. The van der Waals surface area contributed by atoms with Gasteiger partial charge in [0, 0.05) is 5.69 Å². The lowest BCUT2D eigenvalue weighted by atomic mass is 9.94. The van der Waals surface area contributed by atoms with E-state index >= 15 is 0 Å². The molecule has 108 valence electrons. The van der Waals surface area contributed by atoms with Gasteiger partial charge in [0.25, 0.3) is 5.91 Å². The normalized spacial score (nSPS) is 21.8. The first-order valence-corrected chi connectivity index (χ1v) is 7.16. The highest BCUT2D eigenvalue weighted by Gasteiger charge is 2.45. The largest absolute Gasteiger partial charge is 0.340 e. The highest BCUT2D eigenvalue weighted by Crippen LogP contribution is 2.29. The van der Waals surface area contributed by atoms with Gasteiger partial charge in [-0.3, -0.25) is 14.5 Å². The van der Waals surface area contributed by atoms with Crippen molar-refractivity contribution in [3.8, 4) is 0 Å². The highest BCUT2D eigenvalue weighted by molar-refractivity contribution is 6.10. The van der Waals surface area contributed by atoms with Crippen molar-refractivity contribution in [1.29, 1.82) is 0 Å². The van der Waals surface area contributed by atoms with Crippen LogP contribution in [0.1, 0.15) is 39.7 Å². The Morgan fingerprint density at radius 2 is 1.85 bits per heavy atom. The maximum Gasteiger partial charge on any atom is 0.252 e. The third kappa shape index (κ3) is 2.30. The molecule has 2 amide bonds. The average molecular weight is 274 g/mol. The van der Waals surface area contributed by atoms with Gasteiger partial charge in [0.2, 0.25) is 5.91 Å². The first kappa shape index (κ1) is 14.6. The Labute approximate surface area is 120 Å². The van der Waals surface area contributed by atoms with Gasteiger partial charge in [-0.1, -0.05) is 32.0 Å². The zero-order valence-electron chi connectivity index (χ0n) is 12.6. The van der Waals surface area contributed by atoms with Gasteiger partial charge in [-0.25, -0.2) is 0 Å². The van der Waals surface area contributed by atoms with Crippen molar-refractivity contribution < 1.29 is 9.59 Å². The number of nitrogens with zero attached hydrogens (tertiary/aromatic N) is 1. The van der Waals surface area contributed by atoms with Crippen LogP contribution >= 0.6 is 0 Å². The molecule has 20 heavy (non-hydrogen) atoms. The van der Waals surface area contributed by atoms with Gasteiger partial charge < -0.3 is 5.32 Å². The zero-order valence-corrected chi connectivity index (χ0v) is 12.6. The van der Waals surface area contributed by atoms with Gasteiger partial charge in [0.05, 0.1) is 0 Å². The lowest BCUT2D eigenvalue weighted by molar-refractivity contribution is -0.137. The maximum absolute atomic E-state index is 12.7. The third-order valence-electron chi connectivity index (χ3n) is 3.82. The number of hydrogen-bond acceptors (Lipinski definition) is 2. The van der Waals surface area contributed by atoms with Gasteiger partial charge >= 0.3 is 0 Å². The molecule has 1 saturated heterocycles. The average Bonchev–Trinajstić information content (AvgIpc) is 2.42. The van der Waals surface area contributed by atoms with Gasteiger partial charge in [0.15, 0.2) is 0 Å². The zero-order chi connectivity index (χ0) is 14.9. The van der Waals surface area contributed by atoms with E-state index in [9.17, 15) is 9.59 Å². The van der Waals surface area contributed by atoms with Crippen LogP contribution < -0.4 is 10.2 Å². The fraction of sp³-hybridized carbons (Fsp3) is 0.500. The number of para-hydroxylation sites is 1. The summed E-state index contributed by atoms with van der Waals surface area (Å²) in [6.07, 6.45) is 1.43. The third-order valence-corrected chi connectivity index (χ3v) is 3.82. The molecule has 0 radical (unpaired) electrons. The molecule has 1 fully saturated rings. The van der Waals surface area contributed by atoms with Crippen molar-refractivity contribution in [3.05, 3.63) is 29.8 Å². The molecule has 0 aromatic heterocycles. The van der Waals surface area contributed by atoms with E-state index in [0.29, 0.717) is 6.42 Å². The monoisotopic (exact) mass is 274 g/mol. The molecule has 1 aliphatic rings. The lowest BCUT2D eigenvalue weighted by Crippen LogP contribution is -2.68. The van der Waals surface area contributed by atoms with Gasteiger partial charge in [0.1, 0.15) is 11.6 Å².